The first-order chi connectivity index (χ1) is 25.1. The Bertz CT molecular complexity index is 2440. The Morgan fingerprint density at radius 1 is 0.725 bits per heavy atom. The van der Waals surface area contributed by atoms with Crippen LogP contribution in [0, 0.1) is 0 Å². The summed E-state index contributed by atoms with van der Waals surface area (Å²) in [4.78, 5) is 29.1. The molecule has 0 amide bonds. The lowest BCUT2D eigenvalue weighted by Crippen LogP contribution is -2.34. The molecule has 7 nitrogen and oxygen atoms in total. The van der Waals surface area contributed by atoms with E-state index < -0.39 is 0 Å². The van der Waals surface area contributed by atoms with Gasteiger partial charge in [-0.2, -0.15) is 0 Å². The number of para-hydroxylation sites is 1. The molecule has 0 saturated carbocycles. The molecule has 0 spiro atoms. The fraction of sp³-hybridized carbons (Fsp3) is 0.136. The highest BCUT2D eigenvalue weighted by Gasteiger charge is 2.26. The highest BCUT2D eigenvalue weighted by atomic mass is 14.9. The summed E-state index contributed by atoms with van der Waals surface area (Å²) in [5.41, 5.74) is 17.0. The molecule has 0 saturated heterocycles. The smallest absolute Gasteiger partial charge is 0.160 e. The maximum atomic E-state index is 5.16. The van der Waals surface area contributed by atoms with E-state index in [2.05, 4.69) is 89.6 Å². The van der Waals surface area contributed by atoms with Crippen LogP contribution >= 0.6 is 0 Å². The molecule has 0 aliphatic heterocycles. The predicted molar refractivity (Wildman–Crippen MR) is 209 cm³/mol. The Balaban J connectivity index is 0.000000635. The molecule has 4 aromatic heterocycles. The summed E-state index contributed by atoms with van der Waals surface area (Å²) in [5, 5.41) is 3.16. The van der Waals surface area contributed by atoms with E-state index in [1.165, 1.54) is 34.0 Å². The zero-order valence-electron chi connectivity index (χ0n) is 28.8. The number of aromatic nitrogens is 6. The zero-order valence-corrected chi connectivity index (χ0v) is 28.8. The number of nitrogens with zero attached hydrogens (tertiary/aromatic N) is 6. The van der Waals surface area contributed by atoms with Crippen molar-refractivity contribution >= 4 is 34.2 Å². The van der Waals surface area contributed by atoms with Crippen LogP contribution < -0.4 is 16.3 Å². The lowest BCUT2D eigenvalue weighted by Gasteiger charge is -2.17. The molecule has 0 bridgehead atoms. The largest absolute Gasteiger partial charge is 0.405 e. The van der Waals surface area contributed by atoms with Gasteiger partial charge in [0, 0.05) is 52.1 Å². The maximum absolute atomic E-state index is 5.16. The van der Waals surface area contributed by atoms with E-state index in [0.717, 1.165) is 93.3 Å². The number of nitrogens with two attached hydrogens (primary N) is 1. The van der Waals surface area contributed by atoms with Crippen LogP contribution in [0.1, 0.15) is 49.6 Å². The van der Waals surface area contributed by atoms with Crippen molar-refractivity contribution < 1.29 is 0 Å². The first-order valence-corrected chi connectivity index (χ1v) is 17.2. The van der Waals surface area contributed by atoms with Crippen molar-refractivity contribution in [1.82, 2.24) is 29.9 Å². The van der Waals surface area contributed by atoms with Gasteiger partial charge < -0.3 is 5.73 Å². The maximum Gasteiger partial charge on any atom is 0.160 e. The van der Waals surface area contributed by atoms with E-state index in [0.29, 0.717) is 0 Å². The third-order valence-electron chi connectivity index (χ3n) is 9.05. The SMILES string of the molecule is C1=C(c2nc(-c3cccnc3)c3c(n2)=CCCC=3)CCC2=C1c1cc(-c3nc(-c4cccnc4)c4ccccc4n3)ccc1C2.C=CC.C=CN. The zero-order chi connectivity index (χ0) is 35.2. The van der Waals surface area contributed by atoms with Gasteiger partial charge in [0.15, 0.2) is 11.6 Å². The molecule has 0 fully saturated rings. The average Bonchev–Trinajstić information content (AvgIpc) is 3.55. The second-order valence-electron chi connectivity index (χ2n) is 12.5. The molecule has 9 rings (SSSR count). The van der Waals surface area contributed by atoms with Crippen LogP contribution in [0.2, 0.25) is 0 Å². The number of allylic oxidation sites excluding steroid dienone is 5. The highest BCUT2D eigenvalue weighted by Crippen LogP contribution is 2.43. The molecular weight excluding hydrogens is 627 g/mol. The number of fused-ring (bicyclic) bond motifs is 4. The number of hydrogen-bond acceptors (Lipinski definition) is 7. The van der Waals surface area contributed by atoms with Crippen molar-refractivity contribution in [2.24, 2.45) is 5.73 Å². The second kappa shape index (κ2) is 15.0. The number of benzene rings is 2. The van der Waals surface area contributed by atoms with Gasteiger partial charge in [0.05, 0.1) is 22.3 Å². The van der Waals surface area contributed by atoms with Gasteiger partial charge >= 0.3 is 0 Å². The van der Waals surface area contributed by atoms with Gasteiger partial charge in [-0.15, -0.1) is 6.58 Å². The minimum atomic E-state index is 0.718. The van der Waals surface area contributed by atoms with Crippen LogP contribution in [0.4, 0.5) is 0 Å². The molecule has 3 aliphatic rings. The summed E-state index contributed by atoms with van der Waals surface area (Å²) < 4.78 is 0. The second-order valence-corrected chi connectivity index (χ2v) is 12.5. The molecule has 4 heterocycles. The van der Waals surface area contributed by atoms with E-state index in [9.17, 15) is 0 Å². The third kappa shape index (κ3) is 6.79. The van der Waals surface area contributed by atoms with Crippen molar-refractivity contribution in [3.05, 3.63) is 156 Å². The van der Waals surface area contributed by atoms with Crippen molar-refractivity contribution in [3.63, 3.8) is 0 Å². The predicted octanol–water partition coefficient (Wildman–Crippen LogP) is 8.03. The van der Waals surface area contributed by atoms with Crippen LogP contribution in [-0.2, 0) is 6.42 Å². The molecule has 0 unspecified atom stereocenters. The number of pyridine rings is 2. The van der Waals surface area contributed by atoms with Gasteiger partial charge in [0.25, 0.3) is 0 Å². The number of rotatable bonds is 4. The number of hydrogen-bond donors (Lipinski definition) is 1. The third-order valence-corrected chi connectivity index (χ3v) is 9.05. The molecule has 2 aromatic carbocycles. The van der Waals surface area contributed by atoms with Gasteiger partial charge in [0.2, 0.25) is 0 Å². The average molecular weight is 666 g/mol. The standard InChI is InChI=1S/C39H28N6.C3H6.C2H5N/c1-3-11-34-30(9-1)36(28-7-5-17-40-22-28)44-38(42-34)26-15-13-24-19-25-14-16-27(21-33(25)32(24)20-26)39-43-35-12-4-2-10-31(35)37(45-39)29-8-6-18-41-23-29;1-3-2;1-2-3/h1,3,5-13,15,17-18,20-23H,2,4,14,16,19H2;3H,1H2,2H3;2H,1,3H2. The topological polar surface area (TPSA) is 103 Å². The van der Waals surface area contributed by atoms with Gasteiger partial charge in [0.1, 0.15) is 0 Å². The van der Waals surface area contributed by atoms with Gasteiger partial charge in [-0.05, 0) is 110 Å². The van der Waals surface area contributed by atoms with E-state index in [1.54, 1.807) is 18.5 Å². The van der Waals surface area contributed by atoms with E-state index in [1.807, 2.05) is 43.6 Å². The Kier molecular flexibility index (Phi) is 9.79. The summed E-state index contributed by atoms with van der Waals surface area (Å²) in [6.07, 6.45) is 22.1. The van der Waals surface area contributed by atoms with Crippen LogP contribution in [0.5, 0.6) is 0 Å². The summed E-state index contributed by atoms with van der Waals surface area (Å²) >= 11 is 0. The first kappa shape index (κ1) is 33.2. The Morgan fingerprint density at radius 2 is 1.43 bits per heavy atom. The van der Waals surface area contributed by atoms with Crippen molar-refractivity contribution in [2.75, 3.05) is 0 Å². The Hall–Kier alpha value is -6.34. The van der Waals surface area contributed by atoms with Crippen LogP contribution in [0.3, 0.4) is 0 Å². The summed E-state index contributed by atoms with van der Waals surface area (Å²) in [6, 6.07) is 22.9. The van der Waals surface area contributed by atoms with E-state index in [-0.39, 0.29) is 0 Å². The molecular formula is C44H39N7. The fourth-order valence-corrected chi connectivity index (χ4v) is 6.83. The molecule has 0 radical (unpaired) electrons. The van der Waals surface area contributed by atoms with Crippen LogP contribution in [-0.4, -0.2) is 29.9 Å². The molecule has 3 aliphatic carbocycles. The van der Waals surface area contributed by atoms with Crippen LogP contribution in [0.25, 0.3) is 68.1 Å². The minimum absolute atomic E-state index is 0.718. The molecule has 2 N–H and O–H groups in total. The molecule has 0 atom stereocenters. The lowest BCUT2D eigenvalue weighted by atomic mass is 9.91. The molecule has 6 aromatic rings. The van der Waals surface area contributed by atoms with Crippen molar-refractivity contribution in [1.29, 1.82) is 0 Å². The minimum Gasteiger partial charge on any atom is -0.405 e. The first-order valence-electron chi connectivity index (χ1n) is 17.2. The summed E-state index contributed by atoms with van der Waals surface area (Å²) in [5.74, 6) is 1.53. The van der Waals surface area contributed by atoms with Crippen molar-refractivity contribution in [3.8, 4) is 33.9 Å². The molecule has 51 heavy (non-hydrogen) atoms. The monoisotopic (exact) mass is 665 g/mol. The Morgan fingerprint density at radius 3 is 2.18 bits per heavy atom. The molecule has 250 valence electrons. The summed E-state index contributed by atoms with van der Waals surface area (Å²) in [7, 11) is 0. The Labute approximate surface area is 298 Å². The van der Waals surface area contributed by atoms with Gasteiger partial charge in [-0.1, -0.05) is 60.7 Å². The fourth-order valence-electron chi connectivity index (χ4n) is 6.83. The lowest BCUT2D eigenvalue weighted by molar-refractivity contribution is 0.922. The van der Waals surface area contributed by atoms with Crippen LogP contribution in [0.15, 0.2) is 129 Å². The van der Waals surface area contributed by atoms with E-state index in [4.69, 9.17) is 19.9 Å². The van der Waals surface area contributed by atoms with E-state index >= 15 is 0 Å². The van der Waals surface area contributed by atoms with Gasteiger partial charge in [-0.3, -0.25) is 9.97 Å². The quantitative estimate of drug-likeness (QED) is 0.190. The molecule has 7 heteroatoms. The van der Waals surface area contributed by atoms with Crippen molar-refractivity contribution in [2.45, 2.75) is 39.0 Å². The van der Waals surface area contributed by atoms with Gasteiger partial charge in [-0.25, -0.2) is 19.9 Å². The summed E-state index contributed by atoms with van der Waals surface area (Å²) in [6.45, 7) is 8.39. The normalized spacial score (nSPS) is 13.8. The highest BCUT2D eigenvalue weighted by molar-refractivity contribution is 5.95.